The second kappa shape index (κ2) is 5.51. The van der Waals surface area contributed by atoms with Gasteiger partial charge in [-0.15, -0.1) is 0 Å². The normalized spacial score (nSPS) is 10.4. The second-order valence-corrected chi connectivity index (χ2v) is 5.05. The van der Waals surface area contributed by atoms with Crippen LogP contribution in [-0.4, -0.2) is 16.1 Å². The van der Waals surface area contributed by atoms with Crippen LogP contribution in [0.3, 0.4) is 0 Å². The molecule has 0 spiro atoms. The highest BCUT2D eigenvalue weighted by atomic mass is 35.5. The van der Waals surface area contributed by atoms with E-state index in [9.17, 15) is 9.90 Å². The van der Waals surface area contributed by atoms with Gasteiger partial charge in [-0.2, -0.15) is 0 Å². The Morgan fingerprint density at radius 3 is 2.65 bits per heavy atom. The van der Waals surface area contributed by atoms with Crippen LogP contribution >= 0.6 is 11.6 Å². The Balaban J connectivity index is 2.53. The summed E-state index contributed by atoms with van der Waals surface area (Å²) in [7, 11) is 0. The lowest BCUT2D eigenvalue weighted by molar-refractivity contribution is 0.0697. The standard InChI is InChI=1S/C15H15ClN2O2/c1-8-7-9(2)17-14(13(8)15(19)20)18-12-6-4-5-11(16)10(12)3/h4-7H,1-3H3,(H,17,18)(H,19,20). The molecule has 0 aliphatic carbocycles. The predicted molar refractivity (Wildman–Crippen MR) is 80.1 cm³/mol. The number of nitrogens with zero attached hydrogens (tertiary/aromatic N) is 1. The zero-order valence-electron chi connectivity index (χ0n) is 11.5. The van der Waals surface area contributed by atoms with Gasteiger partial charge < -0.3 is 10.4 Å². The fraction of sp³-hybridized carbons (Fsp3) is 0.200. The van der Waals surface area contributed by atoms with Gasteiger partial charge in [0.2, 0.25) is 0 Å². The monoisotopic (exact) mass is 290 g/mol. The van der Waals surface area contributed by atoms with Crippen LogP contribution in [0.4, 0.5) is 11.5 Å². The van der Waals surface area contributed by atoms with Gasteiger partial charge in [0, 0.05) is 16.4 Å². The molecule has 0 saturated carbocycles. The van der Waals surface area contributed by atoms with Crippen molar-refractivity contribution in [2.45, 2.75) is 20.8 Å². The average Bonchev–Trinajstić information content (AvgIpc) is 2.33. The molecule has 0 amide bonds. The topological polar surface area (TPSA) is 62.2 Å². The molecule has 0 unspecified atom stereocenters. The maximum Gasteiger partial charge on any atom is 0.339 e. The van der Waals surface area contributed by atoms with Crippen molar-refractivity contribution in [2.24, 2.45) is 0 Å². The molecule has 0 aliphatic heterocycles. The van der Waals surface area contributed by atoms with Crippen molar-refractivity contribution < 1.29 is 9.90 Å². The molecule has 0 radical (unpaired) electrons. The predicted octanol–water partition coefficient (Wildman–Crippen LogP) is 4.10. The van der Waals surface area contributed by atoms with Crippen LogP contribution in [0.25, 0.3) is 0 Å². The van der Waals surface area contributed by atoms with E-state index in [4.69, 9.17) is 11.6 Å². The van der Waals surface area contributed by atoms with E-state index < -0.39 is 5.97 Å². The van der Waals surface area contributed by atoms with Gasteiger partial charge in [0.15, 0.2) is 0 Å². The van der Waals surface area contributed by atoms with Crippen molar-refractivity contribution in [3.05, 3.63) is 51.7 Å². The highest BCUT2D eigenvalue weighted by Crippen LogP contribution is 2.28. The molecule has 5 heteroatoms. The number of hydrogen-bond acceptors (Lipinski definition) is 3. The molecular weight excluding hydrogens is 276 g/mol. The number of nitrogens with one attached hydrogen (secondary N) is 1. The number of halogens is 1. The summed E-state index contributed by atoms with van der Waals surface area (Å²) in [6, 6.07) is 7.18. The highest BCUT2D eigenvalue weighted by Gasteiger charge is 2.16. The van der Waals surface area contributed by atoms with Crippen molar-refractivity contribution in [3.8, 4) is 0 Å². The Morgan fingerprint density at radius 2 is 2.00 bits per heavy atom. The molecule has 20 heavy (non-hydrogen) atoms. The Hall–Kier alpha value is -2.07. The average molecular weight is 291 g/mol. The SMILES string of the molecule is Cc1cc(C)c(C(=O)O)c(Nc2cccc(Cl)c2C)n1. The number of anilines is 2. The molecule has 0 saturated heterocycles. The summed E-state index contributed by atoms with van der Waals surface area (Å²) >= 11 is 6.07. The number of carboxylic acids is 1. The number of benzene rings is 1. The molecule has 2 rings (SSSR count). The van der Waals surface area contributed by atoms with Crippen LogP contribution in [0.2, 0.25) is 5.02 Å². The molecule has 0 aliphatic rings. The molecule has 0 atom stereocenters. The van der Waals surface area contributed by atoms with E-state index in [1.165, 1.54) is 0 Å². The first-order valence-electron chi connectivity index (χ1n) is 6.14. The number of rotatable bonds is 3. The first kappa shape index (κ1) is 14.3. The molecule has 104 valence electrons. The van der Waals surface area contributed by atoms with Gasteiger partial charge in [-0.05, 0) is 50.1 Å². The first-order chi connectivity index (χ1) is 9.40. The van der Waals surface area contributed by atoms with Crippen LogP contribution in [0.15, 0.2) is 24.3 Å². The lowest BCUT2D eigenvalue weighted by Gasteiger charge is -2.14. The summed E-state index contributed by atoms with van der Waals surface area (Å²) in [6.07, 6.45) is 0. The van der Waals surface area contributed by atoms with E-state index in [-0.39, 0.29) is 5.56 Å². The lowest BCUT2D eigenvalue weighted by Crippen LogP contribution is -2.09. The van der Waals surface area contributed by atoms with Crippen molar-refractivity contribution >= 4 is 29.1 Å². The van der Waals surface area contributed by atoms with Crippen molar-refractivity contribution in [2.75, 3.05) is 5.32 Å². The quantitative estimate of drug-likeness (QED) is 0.893. The number of pyridine rings is 1. The van der Waals surface area contributed by atoms with E-state index in [2.05, 4.69) is 10.3 Å². The lowest BCUT2D eigenvalue weighted by atomic mass is 10.1. The summed E-state index contributed by atoms with van der Waals surface area (Å²) in [5.41, 5.74) is 3.21. The maximum absolute atomic E-state index is 11.4. The van der Waals surface area contributed by atoms with E-state index in [0.717, 1.165) is 16.9 Å². The van der Waals surface area contributed by atoms with Crippen molar-refractivity contribution in [1.29, 1.82) is 0 Å². The third-order valence-electron chi connectivity index (χ3n) is 3.08. The molecule has 4 nitrogen and oxygen atoms in total. The minimum absolute atomic E-state index is 0.176. The van der Waals surface area contributed by atoms with Gasteiger partial charge in [0.25, 0.3) is 0 Å². The molecule has 1 heterocycles. The molecule has 0 bridgehead atoms. The molecule has 1 aromatic carbocycles. The van der Waals surface area contributed by atoms with E-state index >= 15 is 0 Å². The molecule has 0 fully saturated rings. The minimum atomic E-state index is -1.00. The molecule has 2 N–H and O–H groups in total. The number of carboxylic acid groups (broad SMARTS) is 1. The zero-order chi connectivity index (χ0) is 14.9. The van der Waals surface area contributed by atoms with Crippen LogP contribution in [0.1, 0.15) is 27.2 Å². The fourth-order valence-electron chi connectivity index (χ4n) is 2.07. The van der Waals surface area contributed by atoms with Gasteiger partial charge in [-0.1, -0.05) is 17.7 Å². The van der Waals surface area contributed by atoms with E-state index in [1.807, 2.05) is 19.9 Å². The van der Waals surface area contributed by atoms with Gasteiger partial charge in [0.1, 0.15) is 11.4 Å². The zero-order valence-corrected chi connectivity index (χ0v) is 12.2. The molecule has 1 aromatic heterocycles. The third-order valence-corrected chi connectivity index (χ3v) is 3.49. The number of hydrogen-bond donors (Lipinski definition) is 2. The summed E-state index contributed by atoms with van der Waals surface area (Å²) in [6.45, 7) is 5.45. The Kier molecular flexibility index (Phi) is 3.95. The van der Waals surface area contributed by atoms with Gasteiger partial charge in [-0.25, -0.2) is 9.78 Å². The van der Waals surface area contributed by atoms with Crippen LogP contribution in [0.5, 0.6) is 0 Å². The number of aromatic carboxylic acids is 1. The van der Waals surface area contributed by atoms with E-state index in [0.29, 0.717) is 16.4 Å². The van der Waals surface area contributed by atoms with E-state index in [1.54, 1.807) is 25.1 Å². The van der Waals surface area contributed by atoms with Crippen molar-refractivity contribution in [1.82, 2.24) is 4.98 Å². The van der Waals surface area contributed by atoms with Crippen LogP contribution in [-0.2, 0) is 0 Å². The smallest absolute Gasteiger partial charge is 0.339 e. The van der Waals surface area contributed by atoms with Crippen LogP contribution < -0.4 is 5.32 Å². The van der Waals surface area contributed by atoms with Crippen molar-refractivity contribution in [3.63, 3.8) is 0 Å². The Morgan fingerprint density at radius 1 is 1.30 bits per heavy atom. The number of aromatic nitrogens is 1. The maximum atomic E-state index is 11.4. The van der Waals surface area contributed by atoms with Crippen LogP contribution in [0, 0.1) is 20.8 Å². The highest BCUT2D eigenvalue weighted by molar-refractivity contribution is 6.31. The first-order valence-corrected chi connectivity index (χ1v) is 6.51. The summed E-state index contributed by atoms with van der Waals surface area (Å²) in [5.74, 6) is -0.669. The van der Waals surface area contributed by atoms with Gasteiger partial charge in [0.05, 0.1) is 0 Å². The Bertz CT molecular complexity index is 684. The fourth-order valence-corrected chi connectivity index (χ4v) is 2.24. The molecule has 2 aromatic rings. The summed E-state index contributed by atoms with van der Waals surface area (Å²) in [4.78, 5) is 15.7. The number of aryl methyl sites for hydroxylation is 2. The minimum Gasteiger partial charge on any atom is -0.478 e. The Labute approximate surface area is 122 Å². The summed E-state index contributed by atoms with van der Waals surface area (Å²) in [5, 5.41) is 13.0. The molecular formula is C15H15ClN2O2. The third kappa shape index (κ3) is 2.75. The second-order valence-electron chi connectivity index (χ2n) is 4.65. The van der Waals surface area contributed by atoms with Gasteiger partial charge >= 0.3 is 5.97 Å². The summed E-state index contributed by atoms with van der Waals surface area (Å²) < 4.78 is 0. The largest absolute Gasteiger partial charge is 0.478 e. The number of carbonyl (C=O) groups is 1. The van der Waals surface area contributed by atoms with Gasteiger partial charge in [-0.3, -0.25) is 0 Å².